The number of nitrogens with zero attached hydrogens (tertiary/aromatic N) is 1. The predicted octanol–water partition coefficient (Wildman–Crippen LogP) is 3.01. The van der Waals surface area contributed by atoms with E-state index in [4.69, 9.17) is 23.7 Å². The van der Waals surface area contributed by atoms with Crippen LogP contribution in [0.25, 0.3) is 11.1 Å². The van der Waals surface area contributed by atoms with E-state index in [1.807, 2.05) is 17.0 Å². The first-order valence-corrected chi connectivity index (χ1v) is 9.44. The molecule has 0 aromatic heterocycles. The van der Waals surface area contributed by atoms with Gasteiger partial charge in [0, 0.05) is 17.7 Å². The average molecular weight is 399 g/mol. The fraction of sp³-hybridized carbons (Fsp3) is 0.409. The van der Waals surface area contributed by atoms with Crippen LogP contribution in [0.5, 0.6) is 28.7 Å². The van der Waals surface area contributed by atoms with Crippen molar-refractivity contribution in [2.24, 2.45) is 0 Å². The quantitative estimate of drug-likeness (QED) is 0.696. The highest BCUT2D eigenvalue weighted by molar-refractivity contribution is 5.87. The Balaban J connectivity index is 2.12. The molecule has 1 atom stereocenters. The molecular formula is C22H25NO6. The molecule has 0 unspecified atom stereocenters. The fourth-order valence-electron chi connectivity index (χ4n) is 4.67. The molecule has 2 aromatic rings. The van der Waals surface area contributed by atoms with E-state index < -0.39 is 0 Å². The molecule has 0 N–H and O–H groups in total. The molecule has 0 bridgehead atoms. The molecule has 1 aliphatic heterocycles. The highest BCUT2D eigenvalue weighted by Crippen LogP contribution is 2.57. The van der Waals surface area contributed by atoms with Gasteiger partial charge in [-0.05, 0) is 41.7 Å². The summed E-state index contributed by atoms with van der Waals surface area (Å²) in [6.07, 6.45) is 2.28. The van der Waals surface area contributed by atoms with E-state index in [2.05, 4.69) is 0 Å². The van der Waals surface area contributed by atoms with E-state index in [-0.39, 0.29) is 6.04 Å². The molecule has 2 aliphatic rings. The zero-order valence-electron chi connectivity index (χ0n) is 17.3. The van der Waals surface area contributed by atoms with Gasteiger partial charge in [-0.15, -0.1) is 0 Å². The normalized spacial score (nSPS) is 16.4. The summed E-state index contributed by atoms with van der Waals surface area (Å²) in [5.74, 6) is 3.11. The van der Waals surface area contributed by atoms with Gasteiger partial charge in [-0.3, -0.25) is 4.79 Å². The lowest BCUT2D eigenvalue weighted by Gasteiger charge is -2.41. The number of carbonyl (C=O) groups excluding carboxylic acids is 1. The van der Waals surface area contributed by atoms with Crippen LogP contribution in [0.4, 0.5) is 0 Å². The standard InChI is InChI=1S/C22H25NO6/c1-25-16-9-12-8-15-18-13(6-7-23(15)11-24)20(27-3)22(29-5)21(28-4)19(18)14(12)10-17(16)26-2/h9-11,15H,6-8H2,1-5H3/t15-/m0/s1. The predicted molar refractivity (Wildman–Crippen MR) is 108 cm³/mol. The van der Waals surface area contributed by atoms with E-state index in [0.717, 1.165) is 34.2 Å². The Morgan fingerprint density at radius 3 is 2.14 bits per heavy atom. The van der Waals surface area contributed by atoms with Crippen molar-refractivity contribution < 1.29 is 28.5 Å². The van der Waals surface area contributed by atoms with Gasteiger partial charge in [-0.2, -0.15) is 0 Å². The van der Waals surface area contributed by atoms with Crippen LogP contribution in [0.15, 0.2) is 12.1 Å². The summed E-state index contributed by atoms with van der Waals surface area (Å²) < 4.78 is 28.3. The van der Waals surface area contributed by atoms with Crippen molar-refractivity contribution >= 4 is 6.41 Å². The van der Waals surface area contributed by atoms with E-state index >= 15 is 0 Å². The summed E-state index contributed by atoms with van der Waals surface area (Å²) in [4.78, 5) is 13.7. The summed E-state index contributed by atoms with van der Waals surface area (Å²) in [7, 11) is 8.09. The van der Waals surface area contributed by atoms with E-state index in [1.54, 1.807) is 35.5 Å². The molecule has 7 nitrogen and oxygen atoms in total. The Bertz CT molecular complexity index is 971. The third kappa shape index (κ3) is 2.68. The number of hydrogen-bond acceptors (Lipinski definition) is 6. The largest absolute Gasteiger partial charge is 0.493 e. The maximum Gasteiger partial charge on any atom is 0.210 e. The van der Waals surface area contributed by atoms with Crippen LogP contribution >= 0.6 is 0 Å². The van der Waals surface area contributed by atoms with Crippen molar-refractivity contribution in [3.05, 3.63) is 28.8 Å². The molecule has 1 amide bonds. The van der Waals surface area contributed by atoms with E-state index in [1.165, 1.54) is 0 Å². The lowest BCUT2D eigenvalue weighted by molar-refractivity contribution is -0.120. The molecule has 0 saturated heterocycles. The molecule has 29 heavy (non-hydrogen) atoms. The van der Waals surface area contributed by atoms with Crippen LogP contribution in [0.2, 0.25) is 0 Å². The Kier molecular flexibility index (Phi) is 4.90. The van der Waals surface area contributed by atoms with Crippen molar-refractivity contribution in [2.45, 2.75) is 18.9 Å². The summed E-state index contributed by atoms with van der Waals surface area (Å²) in [6, 6.07) is 3.84. The first kappa shape index (κ1) is 19.2. The lowest BCUT2D eigenvalue weighted by atomic mass is 9.76. The molecule has 154 valence electrons. The van der Waals surface area contributed by atoms with Crippen molar-refractivity contribution in [1.29, 1.82) is 0 Å². The number of rotatable bonds is 6. The first-order valence-electron chi connectivity index (χ1n) is 9.44. The smallest absolute Gasteiger partial charge is 0.210 e. The van der Waals surface area contributed by atoms with Crippen LogP contribution < -0.4 is 23.7 Å². The topological polar surface area (TPSA) is 66.5 Å². The first-order chi connectivity index (χ1) is 14.1. The summed E-state index contributed by atoms with van der Waals surface area (Å²) >= 11 is 0. The third-order valence-corrected chi connectivity index (χ3v) is 5.90. The van der Waals surface area contributed by atoms with Crippen LogP contribution in [-0.2, 0) is 17.6 Å². The number of carbonyl (C=O) groups is 1. The van der Waals surface area contributed by atoms with Gasteiger partial charge >= 0.3 is 0 Å². The molecule has 0 spiro atoms. The Labute approximate surface area is 170 Å². The lowest BCUT2D eigenvalue weighted by Crippen LogP contribution is -2.37. The van der Waals surface area contributed by atoms with Crippen molar-refractivity contribution in [3.8, 4) is 39.9 Å². The van der Waals surface area contributed by atoms with Crippen molar-refractivity contribution in [2.75, 3.05) is 42.1 Å². The molecule has 7 heteroatoms. The summed E-state index contributed by atoms with van der Waals surface area (Å²) in [5.41, 5.74) is 5.08. The highest BCUT2D eigenvalue weighted by atomic mass is 16.5. The monoisotopic (exact) mass is 399 g/mol. The Hall–Kier alpha value is -3.09. The summed E-state index contributed by atoms with van der Waals surface area (Å²) in [5, 5.41) is 0. The van der Waals surface area contributed by atoms with Gasteiger partial charge in [0.25, 0.3) is 0 Å². The van der Waals surface area contributed by atoms with Crippen LogP contribution in [0.3, 0.4) is 0 Å². The van der Waals surface area contributed by atoms with Crippen molar-refractivity contribution in [1.82, 2.24) is 4.90 Å². The van der Waals surface area contributed by atoms with Crippen LogP contribution in [-0.4, -0.2) is 53.4 Å². The maximum absolute atomic E-state index is 11.8. The van der Waals surface area contributed by atoms with Crippen molar-refractivity contribution in [3.63, 3.8) is 0 Å². The number of benzene rings is 2. The Morgan fingerprint density at radius 1 is 0.897 bits per heavy atom. The van der Waals surface area contributed by atoms with E-state index in [0.29, 0.717) is 48.1 Å². The van der Waals surface area contributed by atoms with Gasteiger partial charge in [0.15, 0.2) is 23.0 Å². The maximum atomic E-state index is 11.8. The van der Waals surface area contributed by atoms with Gasteiger partial charge in [0.2, 0.25) is 12.2 Å². The minimum absolute atomic E-state index is 0.106. The molecular weight excluding hydrogens is 374 g/mol. The summed E-state index contributed by atoms with van der Waals surface area (Å²) in [6.45, 7) is 0.620. The van der Waals surface area contributed by atoms with Gasteiger partial charge in [0.1, 0.15) is 0 Å². The second-order valence-electron chi connectivity index (χ2n) is 7.04. The fourth-order valence-corrected chi connectivity index (χ4v) is 4.67. The zero-order chi connectivity index (χ0) is 20.7. The Morgan fingerprint density at radius 2 is 1.55 bits per heavy atom. The molecule has 1 aliphatic carbocycles. The molecule has 1 heterocycles. The SMILES string of the molecule is COc1cc2c(cc1OC)-c1c(OC)c(OC)c(OC)c3c1[C@H](C2)N(C=O)CC3. The minimum Gasteiger partial charge on any atom is -0.493 e. The molecule has 2 aromatic carbocycles. The number of methoxy groups -OCH3 is 5. The minimum atomic E-state index is -0.106. The van der Waals surface area contributed by atoms with Gasteiger partial charge in [-0.25, -0.2) is 0 Å². The zero-order valence-corrected chi connectivity index (χ0v) is 17.3. The van der Waals surface area contributed by atoms with Crippen LogP contribution in [0.1, 0.15) is 22.7 Å². The number of ether oxygens (including phenoxy) is 5. The number of amides is 1. The van der Waals surface area contributed by atoms with Gasteiger partial charge in [0.05, 0.1) is 41.6 Å². The van der Waals surface area contributed by atoms with E-state index in [9.17, 15) is 4.79 Å². The molecule has 0 saturated carbocycles. The highest BCUT2D eigenvalue weighted by Gasteiger charge is 2.40. The average Bonchev–Trinajstić information content (AvgIpc) is 2.77. The third-order valence-electron chi connectivity index (χ3n) is 5.90. The second kappa shape index (κ2) is 7.39. The molecule has 0 radical (unpaired) electrons. The van der Waals surface area contributed by atoms with Gasteiger partial charge in [-0.1, -0.05) is 0 Å². The van der Waals surface area contributed by atoms with Gasteiger partial charge < -0.3 is 28.6 Å². The van der Waals surface area contributed by atoms with Crippen LogP contribution in [0, 0.1) is 0 Å². The molecule has 4 rings (SSSR count). The second-order valence-corrected chi connectivity index (χ2v) is 7.04. The molecule has 0 fully saturated rings. The number of fused-ring (bicyclic) bond motifs is 2. The number of hydrogen-bond donors (Lipinski definition) is 0.